The molecule has 1 amide bonds. The van der Waals surface area contributed by atoms with E-state index >= 15 is 0 Å². The second-order valence-electron chi connectivity index (χ2n) is 8.40. The minimum absolute atomic E-state index is 0.0666. The van der Waals surface area contributed by atoms with Crippen molar-refractivity contribution in [2.45, 2.75) is 70.8 Å². The van der Waals surface area contributed by atoms with Gasteiger partial charge in [0.05, 0.1) is 17.7 Å². The summed E-state index contributed by atoms with van der Waals surface area (Å²) in [5.41, 5.74) is 0.852. The number of aromatic nitrogens is 1. The molecular formula is C19H30N2O2SSi. The number of rotatable bonds is 7. The SMILES string of the molecule is C[C@@H](O[Si](C)(C)C(C)(C)C)[C@H]1C(=O)N[C@H]1CCC(=S)c1ccccn1. The molecule has 25 heavy (non-hydrogen) atoms. The van der Waals surface area contributed by atoms with Crippen molar-refractivity contribution in [1.29, 1.82) is 0 Å². The molecule has 0 spiro atoms. The quantitative estimate of drug-likeness (QED) is 0.336. The molecule has 1 fully saturated rings. The Kier molecular flexibility index (Phi) is 6.17. The monoisotopic (exact) mass is 378 g/mol. The third kappa shape index (κ3) is 4.74. The number of β-lactam (4-membered cyclic amide) rings is 1. The van der Waals surface area contributed by atoms with Gasteiger partial charge in [0.2, 0.25) is 5.91 Å². The number of amides is 1. The molecule has 0 unspecified atom stereocenters. The van der Waals surface area contributed by atoms with E-state index in [4.69, 9.17) is 16.6 Å². The molecule has 4 nitrogen and oxygen atoms in total. The highest BCUT2D eigenvalue weighted by Crippen LogP contribution is 2.39. The van der Waals surface area contributed by atoms with E-state index in [0.29, 0.717) is 0 Å². The van der Waals surface area contributed by atoms with Gasteiger partial charge in [0.1, 0.15) is 0 Å². The average molecular weight is 379 g/mol. The first-order chi connectivity index (χ1) is 11.5. The minimum Gasteiger partial charge on any atom is -0.413 e. The van der Waals surface area contributed by atoms with Gasteiger partial charge in [0.15, 0.2) is 8.32 Å². The van der Waals surface area contributed by atoms with Crippen LogP contribution in [0.1, 0.15) is 46.2 Å². The number of hydrogen-bond donors (Lipinski definition) is 1. The van der Waals surface area contributed by atoms with Crippen LogP contribution in [0.15, 0.2) is 24.4 Å². The molecule has 0 bridgehead atoms. The molecule has 1 aliphatic rings. The first-order valence-corrected chi connectivity index (χ1v) is 12.3. The summed E-state index contributed by atoms with van der Waals surface area (Å²) < 4.78 is 6.43. The summed E-state index contributed by atoms with van der Waals surface area (Å²) in [5, 5.41) is 3.16. The molecule has 0 saturated carbocycles. The molecule has 3 atom stereocenters. The molecule has 0 aromatic carbocycles. The molecule has 1 N–H and O–H groups in total. The van der Waals surface area contributed by atoms with Crippen molar-refractivity contribution < 1.29 is 9.22 Å². The third-order valence-corrected chi connectivity index (χ3v) is 10.5. The first kappa shape index (κ1) is 20.2. The molecule has 2 rings (SSSR count). The van der Waals surface area contributed by atoms with Gasteiger partial charge in [-0.25, -0.2) is 0 Å². The largest absolute Gasteiger partial charge is 0.413 e. The van der Waals surface area contributed by atoms with E-state index in [1.165, 1.54) is 0 Å². The van der Waals surface area contributed by atoms with Crippen molar-refractivity contribution in [3.63, 3.8) is 0 Å². The van der Waals surface area contributed by atoms with Crippen LogP contribution in [-0.4, -0.2) is 36.2 Å². The number of nitrogens with zero attached hydrogens (tertiary/aromatic N) is 1. The fourth-order valence-corrected chi connectivity index (χ4v) is 4.57. The van der Waals surface area contributed by atoms with Gasteiger partial charge in [-0.15, -0.1) is 0 Å². The van der Waals surface area contributed by atoms with Crippen LogP contribution in [0.3, 0.4) is 0 Å². The van der Waals surface area contributed by atoms with Gasteiger partial charge in [-0.1, -0.05) is 39.1 Å². The normalized spacial score (nSPS) is 22.1. The maximum absolute atomic E-state index is 12.1. The number of pyridine rings is 1. The summed E-state index contributed by atoms with van der Waals surface area (Å²) in [4.78, 5) is 17.3. The van der Waals surface area contributed by atoms with Gasteiger partial charge in [0, 0.05) is 17.1 Å². The summed E-state index contributed by atoms with van der Waals surface area (Å²) >= 11 is 5.48. The van der Waals surface area contributed by atoms with Gasteiger partial charge in [-0.2, -0.15) is 0 Å². The minimum atomic E-state index is -1.89. The van der Waals surface area contributed by atoms with Crippen LogP contribution in [0.2, 0.25) is 18.1 Å². The lowest BCUT2D eigenvalue weighted by Gasteiger charge is -2.45. The fraction of sp³-hybridized carbons (Fsp3) is 0.632. The highest BCUT2D eigenvalue weighted by atomic mass is 32.1. The second kappa shape index (κ2) is 7.64. The zero-order valence-electron chi connectivity index (χ0n) is 16.1. The molecule has 1 aromatic rings. The van der Waals surface area contributed by atoms with Crippen molar-refractivity contribution >= 4 is 31.3 Å². The Morgan fingerprint density at radius 2 is 2.08 bits per heavy atom. The lowest BCUT2D eigenvalue weighted by molar-refractivity contribution is -0.140. The summed E-state index contributed by atoms with van der Waals surface area (Å²) in [6, 6.07) is 5.89. The van der Waals surface area contributed by atoms with Gasteiger partial charge < -0.3 is 9.74 Å². The van der Waals surface area contributed by atoms with Crippen LogP contribution in [0.4, 0.5) is 0 Å². The van der Waals surface area contributed by atoms with Crippen LogP contribution in [0, 0.1) is 5.92 Å². The lowest BCUT2D eigenvalue weighted by atomic mass is 9.83. The fourth-order valence-electron chi connectivity index (χ4n) is 2.90. The second-order valence-corrected chi connectivity index (χ2v) is 13.7. The van der Waals surface area contributed by atoms with Crippen molar-refractivity contribution in [1.82, 2.24) is 10.3 Å². The van der Waals surface area contributed by atoms with Gasteiger partial charge in [-0.3, -0.25) is 9.78 Å². The number of hydrogen-bond acceptors (Lipinski definition) is 4. The predicted octanol–water partition coefficient (Wildman–Crippen LogP) is 4.10. The van der Waals surface area contributed by atoms with Crippen LogP contribution in [0.5, 0.6) is 0 Å². The predicted molar refractivity (Wildman–Crippen MR) is 108 cm³/mol. The van der Waals surface area contributed by atoms with Crippen LogP contribution < -0.4 is 5.32 Å². The molecule has 2 heterocycles. The van der Waals surface area contributed by atoms with E-state index in [-0.39, 0.29) is 29.0 Å². The van der Waals surface area contributed by atoms with Gasteiger partial charge in [0.25, 0.3) is 0 Å². The molecule has 1 aromatic heterocycles. The zero-order chi connectivity index (χ0) is 18.8. The maximum atomic E-state index is 12.1. The van der Waals surface area contributed by atoms with E-state index in [9.17, 15) is 4.79 Å². The Labute approximate surface area is 157 Å². The zero-order valence-corrected chi connectivity index (χ0v) is 17.9. The van der Waals surface area contributed by atoms with E-state index in [1.54, 1.807) is 6.20 Å². The van der Waals surface area contributed by atoms with E-state index in [1.807, 2.05) is 25.1 Å². The van der Waals surface area contributed by atoms with Crippen molar-refractivity contribution in [3.8, 4) is 0 Å². The number of nitrogens with one attached hydrogen (secondary N) is 1. The van der Waals surface area contributed by atoms with Crippen molar-refractivity contribution in [2.24, 2.45) is 5.92 Å². The van der Waals surface area contributed by atoms with Crippen molar-refractivity contribution in [3.05, 3.63) is 30.1 Å². The summed E-state index contributed by atoms with van der Waals surface area (Å²) in [7, 11) is -1.89. The van der Waals surface area contributed by atoms with Gasteiger partial charge >= 0.3 is 0 Å². The van der Waals surface area contributed by atoms with E-state index in [0.717, 1.165) is 23.4 Å². The Bertz CT molecular complexity index is 628. The Morgan fingerprint density at radius 1 is 1.40 bits per heavy atom. The highest BCUT2D eigenvalue weighted by molar-refractivity contribution is 7.80. The Hall–Kier alpha value is -1.11. The smallest absolute Gasteiger partial charge is 0.228 e. The van der Waals surface area contributed by atoms with Crippen LogP contribution in [0.25, 0.3) is 0 Å². The van der Waals surface area contributed by atoms with E-state index in [2.05, 4.69) is 44.2 Å². The molecule has 6 heteroatoms. The number of thiocarbonyl (C=S) groups is 1. The number of carbonyl (C=O) groups excluding carboxylic acids is 1. The van der Waals surface area contributed by atoms with Crippen molar-refractivity contribution in [2.75, 3.05) is 0 Å². The molecule has 138 valence electrons. The topological polar surface area (TPSA) is 51.2 Å². The molecule has 0 aliphatic carbocycles. The highest BCUT2D eigenvalue weighted by Gasteiger charge is 2.47. The van der Waals surface area contributed by atoms with Crippen LogP contribution in [-0.2, 0) is 9.22 Å². The Morgan fingerprint density at radius 3 is 2.60 bits per heavy atom. The summed E-state index contributed by atoms with van der Waals surface area (Å²) in [6.45, 7) is 13.1. The van der Waals surface area contributed by atoms with E-state index < -0.39 is 8.32 Å². The average Bonchev–Trinajstić information content (AvgIpc) is 2.49. The third-order valence-electron chi connectivity index (χ3n) is 5.49. The number of carbonyl (C=O) groups is 1. The summed E-state index contributed by atoms with van der Waals surface area (Å²) in [6.07, 6.45) is 3.27. The first-order valence-electron chi connectivity index (χ1n) is 8.95. The molecule has 1 saturated heterocycles. The Balaban J connectivity index is 1.93. The maximum Gasteiger partial charge on any atom is 0.228 e. The summed E-state index contributed by atoms with van der Waals surface area (Å²) in [5.74, 6) is 0.0145. The lowest BCUT2D eigenvalue weighted by Crippen LogP contribution is -2.63. The standard InChI is InChI=1S/C19H30N2O2SSi/c1-13(23-25(5,6)19(2,3)4)17-15(21-18(17)22)10-11-16(24)14-9-7-8-12-20-14/h7-9,12-13,15,17H,10-11H2,1-6H3,(H,21,22)/t13-,15+,17-/m1/s1. The van der Waals surface area contributed by atoms with Crippen LogP contribution >= 0.6 is 12.2 Å². The molecular weight excluding hydrogens is 348 g/mol. The van der Waals surface area contributed by atoms with Gasteiger partial charge in [-0.05, 0) is 50.0 Å². The molecule has 1 aliphatic heterocycles. The molecule has 0 radical (unpaired) electrons.